The van der Waals surface area contributed by atoms with Gasteiger partial charge in [0.25, 0.3) is 5.91 Å². The molecule has 0 aromatic heterocycles. The molecule has 2 aromatic carbocycles. The largest absolute Gasteiger partial charge is 0.378 e. The van der Waals surface area contributed by atoms with E-state index in [0.717, 1.165) is 5.69 Å². The summed E-state index contributed by atoms with van der Waals surface area (Å²) >= 11 is 0. The Morgan fingerprint density at radius 1 is 0.952 bits per heavy atom. The number of Topliss-reactive ketones (excluding diaryl/α,β-unsaturated/α-hetero) is 1. The number of carbonyl (C=O) groups is 2. The molecule has 0 saturated carbocycles. The number of ketones is 1. The highest BCUT2D eigenvalue weighted by Gasteiger charge is 2.10. The second-order valence-corrected chi connectivity index (χ2v) is 4.92. The van der Waals surface area contributed by atoms with Crippen molar-refractivity contribution in [3.63, 3.8) is 0 Å². The van der Waals surface area contributed by atoms with Crippen LogP contribution in [0.25, 0.3) is 0 Å². The van der Waals surface area contributed by atoms with Crippen molar-refractivity contribution in [3.8, 4) is 0 Å². The molecular weight excluding hydrogens is 264 g/mol. The molecule has 0 unspecified atom stereocenters. The molecule has 0 aliphatic carbocycles. The van der Waals surface area contributed by atoms with E-state index >= 15 is 0 Å². The van der Waals surface area contributed by atoms with Gasteiger partial charge in [-0.1, -0.05) is 36.4 Å². The summed E-state index contributed by atoms with van der Waals surface area (Å²) in [6, 6.07) is 16.2. The molecule has 0 aliphatic heterocycles. The van der Waals surface area contributed by atoms with E-state index in [9.17, 15) is 9.59 Å². The first-order chi connectivity index (χ1) is 10.1. The van der Waals surface area contributed by atoms with E-state index in [1.807, 2.05) is 37.2 Å². The number of carbonyl (C=O) groups excluding carboxylic acids is 2. The minimum atomic E-state index is -0.247. The second kappa shape index (κ2) is 6.70. The number of nitrogens with zero attached hydrogens (tertiary/aromatic N) is 1. The number of hydrogen-bond donors (Lipinski definition) is 1. The van der Waals surface area contributed by atoms with Crippen LogP contribution in [0.15, 0.2) is 54.6 Å². The van der Waals surface area contributed by atoms with Crippen molar-refractivity contribution >= 4 is 17.4 Å². The Morgan fingerprint density at radius 3 is 2.29 bits per heavy atom. The van der Waals surface area contributed by atoms with Crippen molar-refractivity contribution in [2.45, 2.75) is 0 Å². The van der Waals surface area contributed by atoms with E-state index in [-0.39, 0.29) is 18.2 Å². The van der Waals surface area contributed by atoms with E-state index in [1.54, 1.807) is 36.4 Å². The average molecular weight is 282 g/mol. The fraction of sp³-hybridized carbons (Fsp3) is 0.176. The molecule has 2 rings (SSSR count). The minimum Gasteiger partial charge on any atom is -0.378 e. The Hall–Kier alpha value is -2.62. The average Bonchev–Trinajstić information content (AvgIpc) is 2.53. The third-order valence-corrected chi connectivity index (χ3v) is 3.13. The third kappa shape index (κ3) is 3.92. The summed E-state index contributed by atoms with van der Waals surface area (Å²) in [7, 11) is 3.83. The van der Waals surface area contributed by atoms with E-state index in [2.05, 4.69) is 5.32 Å². The van der Waals surface area contributed by atoms with Gasteiger partial charge in [0.2, 0.25) is 0 Å². The summed E-state index contributed by atoms with van der Waals surface area (Å²) in [5.41, 5.74) is 2.08. The monoisotopic (exact) mass is 282 g/mol. The summed E-state index contributed by atoms with van der Waals surface area (Å²) in [6.45, 7) is -0.00492. The summed E-state index contributed by atoms with van der Waals surface area (Å²) in [5, 5.41) is 2.66. The lowest BCUT2D eigenvalue weighted by atomic mass is 10.1. The van der Waals surface area contributed by atoms with Gasteiger partial charge in [0.15, 0.2) is 5.78 Å². The number of nitrogens with one attached hydrogen (secondary N) is 1. The van der Waals surface area contributed by atoms with Crippen molar-refractivity contribution in [3.05, 3.63) is 65.7 Å². The molecule has 0 atom stereocenters. The molecule has 0 bridgehead atoms. The standard InChI is InChI=1S/C17H18N2O2/c1-19(2)15-10-6-9-14(11-15)17(21)18-12-16(20)13-7-4-3-5-8-13/h3-11H,12H2,1-2H3,(H,18,21). The predicted octanol–water partition coefficient (Wildman–Crippen LogP) is 2.37. The van der Waals surface area contributed by atoms with Crippen molar-refractivity contribution in [1.82, 2.24) is 5.32 Å². The Bertz CT molecular complexity index is 636. The van der Waals surface area contributed by atoms with Crippen LogP contribution in [0.4, 0.5) is 5.69 Å². The SMILES string of the molecule is CN(C)c1cccc(C(=O)NCC(=O)c2ccccc2)c1. The highest BCUT2D eigenvalue weighted by molar-refractivity contribution is 6.02. The molecule has 0 saturated heterocycles. The third-order valence-electron chi connectivity index (χ3n) is 3.13. The Labute approximate surface area is 124 Å². The zero-order chi connectivity index (χ0) is 15.2. The maximum Gasteiger partial charge on any atom is 0.251 e. The maximum atomic E-state index is 12.1. The molecule has 0 aliphatic rings. The molecular formula is C17H18N2O2. The van der Waals surface area contributed by atoms with Gasteiger partial charge in [-0.3, -0.25) is 9.59 Å². The van der Waals surface area contributed by atoms with Crippen molar-refractivity contribution in [2.24, 2.45) is 0 Å². The van der Waals surface area contributed by atoms with Crippen LogP contribution in [0.1, 0.15) is 20.7 Å². The van der Waals surface area contributed by atoms with Crippen LogP contribution in [0.5, 0.6) is 0 Å². The zero-order valence-corrected chi connectivity index (χ0v) is 12.2. The lowest BCUT2D eigenvalue weighted by Gasteiger charge is -2.13. The molecule has 1 amide bonds. The summed E-state index contributed by atoms with van der Waals surface area (Å²) in [5.74, 6) is -0.351. The van der Waals surface area contributed by atoms with Gasteiger partial charge in [0, 0.05) is 30.9 Å². The first-order valence-electron chi connectivity index (χ1n) is 6.72. The number of amides is 1. The zero-order valence-electron chi connectivity index (χ0n) is 12.2. The number of hydrogen-bond acceptors (Lipinski definition) is 3. The molecule has 1 N–H and O–H groups in total. The van der Waals surface area contributed by atoms with E-state index in [0.29, 0.717) is 11.1 Å². The number of rotatable bonds is 5. The summed E-state index contributed by atoms with van der Waals surface area (Å²) in [6.07, 6.45) is 0. The first kappa shape index (κ1) is 14.8. The topological polar surface area (TPSA) is 49.4 Å². The van der Waals surface area contributed by atoms with Gasteiger partial charge in [-0.25, -0.2) is 0 Å². The van der Waals surface area contributed by atoms with E-state index in [1.165, 1.54) is 0 Å². The summed E-state index contributed by atoms with van der Waals surface area (Å²) in [4.78, 5) is 25.9. The molecule has 4 heteroatoms. The van der Waals surface area contributed by atoms with Gasteiger partial charge in [-0.2, -0.15) is 0 Å². The van der Waals surface area contributed by atoms with Crippen molar-refractivity contribution in [2.75, 3.05) is 25.5 Å². The Balaban J connectivity index is 1.99. The van der Waals surface area contributed by atoms with Gasteiger partial charge in [0.1, 0.15) is 0 Å². The minimum absolute atomic E-state index is 0.00492. The fourth-order valence-corrected chi connectivity index (χ4v) is 1.91. The quantitative estimate of drug-likeness (QED) is 0.857. The van der Waals surface area contributed by atoms with E-state index < -0.39 is 0 Å². The molecule has 4 nitrogen and oxygen atoms in total. The van der Waals surface area contributed by atoms with Gasteiger partial charge in [-0.15, -0.1) is 0 Å². The van der Waals surface area contributed by atoms with Gasteiger partial charge in [0.05, 0.1) is 6.54 Å². The predicted molar refractivity (Wildman–Crippen MR) is 83.9 cm³/mol. The van der Waals surface area contributed by atoms with Crippen LogP contribution in [-0.4, -0.2) is 32.3 Å². The fourth-order valence-electron chi connectivity index (χ4n) is 1.91. The molecule has 0 fully saturated rings. The normalized spacial score (nSPS) is 10.0. The van der Waals surface area contributed by atoms with Crippen LogP contribution in [0.3, 0.4) is 0 Å². The highest BCUT2D eigenvalue weighted by Crippen LogP contribution is 2.13. The summed E-state index contributed by atoms with van der Waals surface area (Å²) < 4.78 is 0. The van der Waals surface area contributed by atoms with Crippen molar-refractivity contribution in [1.29, 1.82) is 0 Å². The molecule has 0 heterocycles. The Kier molecular flexibility index (Phi) is 4.72. The maximum absolute atomic E-state index is 12.1. The van der Waals surface area contributed by atoms with Gasteiger partial charge >= 0.3 is 0 Å². The lowest BCUT2D eigenvalue weighted by Crippen LogP contribution is -2.29. The van der Waals surface area contributed by atoms with Crippen molar-refractivity contribution < 1.29 is 9.59 Å². The Morgan fingerprint density at radius 2 is 1.62 bits per heavy atom. The van der Waals surface area contributed by atoms with Crippen LogP contribution >= 0.6 is 0 Å². The molecule has 108 valence electrons. The smallest absolute Gasteiger partial charge is 0.251 e. The van der Waals surface area contributed by atoms with Crippen LogP contribution in [0.2, 0.25) is 0 Å². The van der Waals surface area contributed by atoms with E-state index in [4.69, 9.17) is 0 Å². The molecule has 0 radical (unpaired) electrons. The highest BCUT2D eigenvalue weighted by atomic mass is 16.2. The number of anilines is 1. The van der Waals surface area contributed by atoms with Crippen LogP contribution in [0, 0.1) is 0 Å². The first-order valence-corrected chi connectivity index (χ1v) is 6.72. The van der Waals surface area contributed by atoms with Gasteiger partial charge < -0.3 is 10.2 Å². The lowest BCUT2D eigenvalue weighted by molar-refractivity contribution is 0.0904. The molecule has 21 heavy (non-hydrogen) atoms. The van der Waals surface area contributed by atoms with Gasteiger partial charge in [-0.05, 0) is 18.2 Å². The number of benzene rings is 2. The second-order valence-electron chi connectivity index (χ2n) is 4.92. The van der Waals surface area contributed by atoms with Crippen LogP contribution in [-0.2, 0) is 0 Å². The van der Waals surface area contributed by atoms with Crippen LogP contribution < -0.4 is 10.2 Å². The molecule has 2 aromatic rings. The molecule has 0 spiro atoms.